The summed E-state index contributed by atoms with van der Waals surface area (Å²) >= 11 is 0. The van der Waals surface area contributed by atoms with Crippen molar-refractivity contribution in [2.24, 2.45) is 0 Å². The Balaban J connectivity index is 3.41. The summed E-state index contributed by atoms with van der Waals surface area (Å²) in [6, 6.07) is 0. The molecule has 5 heteroatoms. The fourth-order valence-corrected chi connectivity index (χ4v) is 7.00. The molecule has 55 heavy (non-hydrogen) atoms. The van der Waals surface area contributed by atoms with Gasteiger partial charge in [0.25, 0.3) is 0 Å². The van der Waals surface area contributed by atoms with E-state index in [9.17, 15) is 14.7 Å². The van der Waals surface area contributed by atoms with Gasteiger partial charge in [-0.05, 0) is 64.2 Å². The Labute approximate surface area is 342 Å². The van der Waals surface area contributed by atoms with Gasteiger partial charge >= 0.3 is 11.9 Å². The van der Waals surface area contributed by atoms with Crippen molar-refractivity contribution in [3.8, 4) is 0 Å². The summed E-state index contributed by atoms with van der Waals surface area (Å²) < 4.78 is 10.6. The van der Waals surface area contributed by atoms with Crippen LogP contribution in [0.3, 0.4) is 0 Å². The van der Waals surface area contributed by atoms with Crippen LogP contribution >= 0.6 is 0 Å². The number of hydrogen-bond acceptors (Lipinski definition) is 5. The monoisotopic (exact) mass is 773 g/mol. The molecule has 0 radical (unpaired) electrons. The largest absolute Gasteiger partial charge is 0.462 e. The molecule has 0 aromatic rings. The van der Waals surface area contributed by atoms with Gasteiger partial charge in [-0.25, -0.2) is 0 Å². The molecule has 0 aliphatic heterocycles. The van der Waals surface area contributed by atoms with Gasteiger partial charge in [-0.1, -0.05) is 211 Å². The Morgan fingerprint density at radius 1 is 0.418 bits per heavy atom. The summed E-state index contributed by atoms with van der Waals surface area (Å²) in [5.41, 5.74) is 0. The summed E-state index contributed by atoms with van der Waals surface area (Å²) in [5.74, 6) is -0.595. The average molecular weight is 773 g/mol. The maximum atomic E-state index is 12.2. The second kappa shape index (κ2) is 46.5. The van der Waals surface area contributed by atoms with Crippen molar-refractivity contribution in [1.29, 1.82) is 0 Å². The first kappa shape index (κ1) is 53.1. The molecule has 0 bridgehead atoms. The van der Waals surface area contributed by atoms with Gasteiger partial charge in [-0.2, -0.15) is 0 Å². The van der Waals surface area contributed by atoms with E-state index in [1.807, 2.05) is 0 Å². The molecule has 0 aromatic heterocycles. The van der Waals surface area contributed by atoms with Crippen molar-refractivity contribution >= 4 is 11.9 Å². The molecule has 322 valence electrons. The Kier molecular flexibility index (Phi) is 44.9. The molecular weight excluding hydrogens is 681 g/mol. The highest BCUT2D eigenvalue weighted by Crippen LogP contribution is 2.16. The third-order valence-corrected chi connectivity index (χ3v) is 10.6. The smallest absolute Gasteiger partial charge is 0.306 e. The van der Waals surface area contributed by atoms with Crippen molar-refractivity contribution in [3.05, 3.63) is 36.5 Å². The predicted octanol–water partition coefficient (Wildman–Crippen LogP) is 15.6. The fraction of sp³-hybridized carbons (Fsp3) is 0.840. The molecule has 0 fully saturated rings. The van der Waals surface area contributed by atoms with E-state index in [2.05, 4.69) is 50.3 Å². The molecule has 0 amide bonds. The number of aliphatic hydroxyl groups excluding tert-OH is 1. The minimum absolute atomic E-state index is 0.0673. The van der Waals surface area contributed by atoms with Crippen LogP contribution in [0.2, 0.25) is 0 Å². The molecular formula is C50H92O5. The zero-order valence-corrected chi connectivity index (χ0v) is 36.7. The normalized spacial score (nSPS) is 12.4. The van der Waals surface area contributed by atoms with E-state index >= 15 is 0 Å². The number of allylic oxidation sites excluding steroid dienone is 6. The van der Waals surface area contributed by atoms with Crippen LogP contribution in [0.15, 0.2) is 36.5 Å². The van der Waals surface area contributed by atoms with Gasteiger partial charge in [-0.15, -0.1) is 0 Å². The molecule has 0 saturated carbocycles. The van der Waals surface area contributed by atoms with E-state index < -0.39 is 6.10 Å². The van der Waals surface area contributed by atoms with Crippen LogP contribution in [0.5, 0.6) is 0 Å². The number of rotatable bonds is 44. The lowest BCUT2D eigenvalue weighted by atomic mass is 10.0. The first-order chi connectivity index (χ1) is 27.1. The summed E-state index contributed by atoms with van der Waals surface area (Å²) in [6.07, 6.45) is 58.3. The van der Waals surface area contributed by atoms with E-state index in [0.717, 1.165) is 57.8 Å². The number of carbonyl (C=O) groups excluding carboxylic acids is 2. The number of carbonyl (C=O) groups is 2. The van der Waals surface area contributed by atoms with E-state index in [4.69, 9.17) is 9.47 Å². The molecule has 0 aliphatic carbocycles. The van der Waals surface area contributed by atoms with Gasteiger partial charge in [-0.3, -0.25) is 9.59 Å². The summed E-state index contributed by atoms with van der Waals surface area (Å²) in [5, 5.41) is 9.56. The minimum atomic E-state index is -0.771. The highest BCUT2D eigenvalue weighted by atomic mass is 16.6. The maximum absolute atomic E-state index is 12.2. The quantitative estimate of drug-likeness (QED) is 0.0379. The number of hydrogen-bond donors (Lipinski definition) is 1. The zero-order valence-electron chi connectivity index (χ0n) is 36.7. The predicted molar refractivity (Wildman–Crippen MR) is 238 cm³/mol. The Hall–Kier alpha value is -1.88. The van der Waals surface area contributed by atoms with E-state index in [0.29, 0.717) is 12.8 Å². The SMILES string of the molecule is CCC/C=C\CCCCCCCC(=O)OCC(CO)OC(=O)CCCCCCCCCCCCCCCCCCCCC/C=C\C/C=C\CCCCCCC. The van der Waals surface area contributed by atoms with Crippen molar-refractivity contribution < 1.29 is 24.2 Å². The number of aliphatic hydroxyl groups is 1. The molecule has 1 N–H and O–H groups in total. The Morgan fingerprint density at radius 3 is 1.16 bits per heavy atom. The highest BCUT2D eigenvalue weighted by molar-refractivity contribution is 5.70. The van der Waals surface area contributed by atoms with Crippen LogP contribution in [-0.4, -0.2) is 36.4 Å². The third kappa shape index (κ3) is 44.7. The summed E-state index contributed by atoms with van der Waals surface area (Å²) in [7, 11) is 0. The van der Waals surface area contributed by atoms with Gasteiger partial charge < -0.3 is 14.6 Å². The van der Waals surface area contributed by atoms with Gasteiger partial charge in [0.05, 0.1) is 6.61 Å². The van der Waals surface area contributed by atoms with E-state index in [1.165, 1.54) is 167 Å². The van der Waals surface area contributed by atoms with Crippen LogP contribution in [0.1, 0.15) is 251 Å². The Bertz CT molecular complexity index is 877. The van der Waals surface area contributed by atoms with Crippen LogP contribution in [0, 0.1) is 0 Å². The molecule has 0 heterocycles. The van der Waals surface area contributed by atoms with Crippen LogP contribution in [-0.2, 0) is 19.1 Å². The highest BCUT2D eigenvalue weighted by Gasteiger charge is 2.16. The van der Waals surface area contributed by atoms with Crippen LogP contribution < -0.4 is 0 Å². The molecule has 0 rings (SSSR count). The maximum Gasteiger partial charge on any atom is 0.306 e. The van der Waals surface area contributed by atoms with Crippen LogP contribution in [0.4, 0.5) is 0 Å². The van der Waals surface area contributed by atoms with Crippen molar-refractivity contribution in [2.75, 3.05) is 13.2 Å². The fourth-order valence-electron chi connectivity index (χ4n) is 7.00. The van der Waals surface area contributed by atoms with Crippen LogP contribution in [0.25, 0.3) is 0 Å². The number of esters is 2. The lowest BCUT2D eigenvalue weighted by Gasteiger charge is -2.15. The van der Waals surface area contributed by atoms with Crippen molar-refractivity contribution in [1.82, 2.24) is 0 Å². The molecule has 5 nitrogen and oxygen atoms in total. The van der Waals surface area contributed by atoms with Gasteiger partial charge in [0.1, 0.15) is 6.61 Å². The second-order valence-corrected chi connectivity index (χ2v) is 16.2. The first-order valence-electron chi connectivity index (χ1n) is 24.0. The van der Waals surface area contributed by atoms with E-state index in [-0.39, 0.29) is 25.2 Å². The Morgan fingerprint density at radius 2 is 0.764 bits per heavy atom. The molecule has 0 aliphatic rings. The zero-order chi connectivity index (χ0) is 40.0. The summed E-state index contributed by atoms with van der Waals surface area (Å²) in [6.45, 7) is 4.07. The lowest BCUT2D eigenvalue weighted by Crippen LogP contribution is -2.28. The topological polar surface area (TPSA) is 72.8 Å². The van der Waals surface area contributed by atoms with Crippen molar-refractivity contribution in [2.45, 2.75) is 258 Å². The summed E-state index contributed by atoms with van der Waals surface area (Å²) in [4.78, 5) is 24.3. The minimum Gasteiger partial charge on any atom is -0.462 e. The average Bonchev–Trinajstić information content (AvgIpc) is 3.19. The molecule has 1 unspecified atom stereocenters. The van der Waals surface area contributed by atoms with Gasteiger partial charge in [0.2, 0.25) is 0 Å². The number of ether oxygens (including phenoxy) is 2. The molecule has 1 atom stereocenters. The van der Waals surface area contributed by atoms with Gasteiger partial charge in [0, 0.05) is 12.8 Å². The molecule has 0 aromatic carbocycles. The second-order valence-electron chi connectivity index (χ2n) is 16.2. The standard InChI is InChI=1S/C50H92O5/c1-3-5-7-9-11-13-15-16-17-18-19-20-21-22-23-24-25-26-27-28-29-30-31-32-33-34-35-37-39-41-43-45-50(53)55-48(46-51)47-54-49(52)44-42-40-38-36-14-12-10-8-6-4-2/h8,10,15-16,18-19,48,51H,3-7,9,11-14,17,20-47H2,1-2H3/b10-8-,16-15-,19-18-. The number of unbranched alkanes of at least 4 members (excludes halogenated alkanes) is 30. The third-order valence-electron chi connectivity index (χ3n) is 10.6. The molecule has 0 spiro atoms. The van der Waals surface area contributed by atoms with Gasteiger partial charge in [0.15, 0.2) is 6.10 Å². The van der Waals surface area contributed by atoms with E-state index in [1.54, 1.807) is 0 Å². The lowest BCUT2D eigenvalue weighted by molar-refractivity contribution is -0.161. The molecule has 0 saturated heterocycles. The first-order valence-corrected chi connectivity index (χ1v) is 24.0. The van der Waals surface area contributed by atoms with Crippen molar-refractivity contribution in [3.63, 3.8) is 0 Å².